The monoisotopic (exact) mass is 242 g/mol. The quantitative estimate of drug-likeness (QED) is 0.807. The van der Waals surface area contributed by atoms with Crippen LogP contribution in [0.4, 0.5) is 0 Å². The summed E-state index contributed by atoms with van der Waals surface area (Å²) in [5.41, 5.74) is 4.93. The molecule has 96 valence electrons. The fourth-order valence-corrected chi connectivity index (χ4v) is 2.45. The molecule has 0 bridgehead atoms. The molecule has 1 aliphatic heterocycles. The number of hydrogen-bond donors (Lipinski definition) is 0. The predicted octanol–water partition coefficient (Wildman–Crippen LogP) is 3.41. The molecule has 2 nitrogen and oxygen atoms in total. The molecule has 1 aromatic rings. The van der Waals surface area contributed by atoms with Crippen LogP contribution in [0.1, 0.15) is 30.3 Å². The molecular weight excluding hydrogens is 220 g/mol. The van der Waals surface area contributed by atoms with Crippen molar-refractivity contribution in [2.75, 3.05) is 7.05 Å². The number of nitrogens with zero attached hydrogens (tertiary/aromatic N) is 2. The van der Waals surface area contributed by atoms with Gasteiger partial charge in [0.15, 0.2) is 0 Å². The average Bonchev–Trinajstić information content (AvgIpc) is 2.35. The van der Waals surface area contributed by atoms with E-state index in [0.29, 0.717) is 6.04 Å². The number of rotatable bonds is 3. The molecule has 0 aromatic carbocycles. The minimum atomic E-state index is 0.531. The summed E-state index contributed by atoms with van der Waals surface area (Å²) in [7, 11) is 2.18. The van der Waals surface area contributed by atoms with Gasteiger partial charge < -0.3 is 4.90 Å². The van der Waals surface area contributed by atoms with Crippen LogP contribution >= 0.6 is 0 Å². The number of hydrogen-bond acceptors (Lipinski definition) is 2. The summed E-state index contributed by atoms with van der Waals surface area (Å²) in [5, 5.41) is 0. The fourth-order valence-electron chi connectivity index (χ4n) is 2.45. The Labute approximate surface area is 110 Å². The second-order valence-electron chi connectivity index (χ2n) is 5.00. The summed E-state index contributed by atoms with van der Waals surface area (Å²) in [6, 6.07) is 4.83. The van der Waals surface area contributed by atoms with Crippen LogP contribution < -0.4 is 0 Å². The molecule has 1 aromatic heterocycles. The standard InChI is InChI=1S/C16H22N2/c1-5-15-7-6-8-16(18(15)4)11-14-10-9-12(2)17-13(14)3/h6-10,15H,5,11H2,1-4H3. The molecule has 1 aliphatic rings. The van der Waals surface area contributed by atoms with E-state index in [1.165, 1.54) is 11.3 Å². The number of aryl methyl sites for hydroxylation is 2. The summed E-state index contributed by atoms with van der Waals surface area (Å²) in [6.07, 6.45) is 8.78. The highest BCUT2D eigenvalue weighted by atomic mass is 15.1. The molecule has 1 atom stereocenters. The lowest BCUT2D eigenvalue weighted by Gasteiger charge is -2.32. The van der Waals surface area contributed by atoms with Crippen LogP contribution in [0.25, 0.3) is 0 Å². The Balaban J connectivity index is 2.18. The van der Waals surface area contributed by atoms with E-state index in [4.69, 9.17) is 0 Å². The van der Waals surface area contributed by atoms with Gasteiger partial charge in [-0.1, -0.05) is 25.1 Å². The zero-order valence-electron chi connectivity index (χ0n) is 11.8. The van der Waals surface area contributed by atoms with E-state index in [0.717, 1.165) is 24.2 Å². The second kappa shape index (κ2) is 5.38. The van der Waals surface area contributed by atoms with Crippen LogP contribution in [0, 0.1) is 13.8 Å². The molecule has 2 heteroatoms. The molecule has 0 spiro atoms. The van der Waals surface area contributed by atoms with E-state index in [9.17, 15) is 0 Å². The van der Waals surface area contributed by atoms with Crippen LogP contribution in [0.5, 0.6) is 0 Å². The number of aromatic nitrogens is 1. The Bertz CT molecular complexity index is 486. The van der Waals surface area contributed by atoms with Gasteiger partial charge in [-0.3, -0.25) is 4.98 Å². The molecule has 0 radical (unpaired) electrons. The largest absolute Gasteiger partial charge is 0.371 e. The Hall–Kier alpha value is -1.57. The second-order valence-corrected chi connectivity index (χ2v) is 5.00. The van der Waals surface area contributed by atoms with Crippen molar-refractivity contribution in [2.24, 2.45) is 0 Å². The van der Waals surface area contributed by atoms with E-state index < -0.39 is 0 Å². The van der Waals surface area contributed by atoms with Gasteiger partial charge in [0.25, 0.3) is 0 Å². The van der Waals surface area contributed by atoms with E-state index in [1.54, 1.807) is 0 Å². The van der Waals surface area contributed by atoms with Crippen molar-refractivity contribution in [1.29, 1.82) is 0 Å². The van der Waals surface area contributed by atoms with Gasteiger partial charge in [-0.25, -0.2) is 0 Å². The van der Waals surface area contributed by atoms with Crippen molar-refractivity contribution in [1.82, 2.24) is 9.88 Å². The summed E-state index contributed by atoms with van der Waals surface area (Å²) in [5.74, 6) is 0. The highest BCUT2D eigenvalue weighted by Crippen LogP contribution is 2.21. The van der Waals surface area contributed by atoms with Crippen LogP contribution in [0.2, 0.25) is 0 Å². The van der Waals surface area contributed by atoms with Crippen LogP contribution in [-0.4, -0.2) is 23.0 Å². The zero-order chi connectivity index (χ0) is 13.1. The first-order chi connectivity index (χ1) is 8.61. The number of likely N-dealkylation sites (N-methyl/N-ethyl adjacent to an activating group) is 1. The van der Waals surface area contributed by atoms with Gasteiger partial charge in [-0.15, -0.1) is 0 Å². The molecule has 2 rings (SSSR count). The van der Waals surface area contributed by atoms with Crippen molar-refractivity contribution in [3.63, 3.8) is 0 Å². The minimum absolute atomic E-state index is 0.531. The number of allylic oxidation sites excluding steroid dienone is 3. The van der Waals surface area contributed by atoms with Crippen molar-refractivity contribution in [3.05, 3.63) is 53.0 Å². The SMILES string of the molecule is CCC1C=CC=C(Cc2ccc(C)nc2C)N1C. The molecule has 0 fully saturated rings. The van der Waals surface area contributed by atoms with Crippen molar-refractivity contribution in [3.8, 4) is 0 Å². The normalized spacial score (nSPS) is 19.0. The molecule has 1 unspecified atom stereocenters. The first-order valence-electron chi connectivity index (χ1n) is 6.65. The molecule has 18 heavy (non-hydrogen) atoms. The maximum Gasteiger partial charge on any atom is 0.0467 e. The lowest BCUT2D eigenvalue weighted by molar-refractivity contribution is 0.333. The minimum Gasteiger partial charge on any atom is -0.371 e. The predicted molar refractivity (Wildman–Crippen MR) is 76.5 cm³/mol. The Morgan fingerprint density at radius 1 is 1.28 bits per heavy atom. The Kier molecular flexibility index (Phi) is 3.85. The highest BCUT2D eigenvalue weighted by Gasteiger charge is 2.16. The topological polar surface area (TPSA) is 16.1 Å². The van der Waals surface area contributed by atoms with Gasteiger partial charge in [-0.2, -0.15) is 0 Å². The molecule has 2 heterocycles. The van der Waals surface area contributed by atoms with E-state index in [2.05, 4.69) is 61.1 Å². The van der Waals surface area contributed by atoms with Gasteiger partial charge in [0.1, 0.15) is 0 Å². The third-order valence-corrected chi connectivity index (χ3v) is 3.70. The lowest BCUT2D eigenvalue weighted by atomic mass is 10.0. The average molecular weight is 242 g/mol. The van der Waals surface area contributed by atoms with E-state index in [1.807, 2.05) is 6.92 Å². The maximum atomic E-state index is 4.54. The van der Waals surface area contributed by atoms with Gasteiger partial charge in [0.05, 0.1) is 0 Å². The molecule has 0 saturated carbocycles. The van der Waals surface area contributed by atoms with Gasteiger partial charge in [0, 0.05) is 36.6 Å². The fraction of sp³-hybridized carbons (Fsp3) is 0.438. The summed E-state index contributed by atoms with van der Waals surface area (Å²) < 4.78 is 0. The molecule has 0 saturated heterocycles. The molecule has 0 aliphatic carbocycles. The molecule has 0 N–H and O–H groups in total. The smallest absolute Gasteiger partial charge is 0.0467 e. The Morgan fingerprint density at radius 2 is 2.06 bits per heavy atom. The third kappa shape index (κ3) is 2.63. The van der Waals surface area contributed by atoms with Crippen molar-refractivity contribution >= 4 is 0 Å². The summed E-state index contributed by atoms with van der Waals surface area (Å²) in [4.78, 5) is 6.91. The first-order valence-corrected chi connectivity index (χ1v) is 6.65. The summed E-state index contributed by atoms with van der Waals surface area (Å²) >= 11 is 0. The summed E-state index contributed by atoms with van der Waals surface area (Å²) in [6.45, 7) is 6.37. The number of pyridine rings is 1. The van der Waals surface area contributed by atoms with Gasteiger partial charge >= 0.3 is 0 Å². The van der Waals surface area contributed by atoms with Crippen LogP contribution in [-0.2, 0) is 6.42 Å². The zero-order valence-corrected chi connectivity index (χ0v) is 11.8. The first kappa shape index (κ1) is 12.9. The molecular formula is C16H22N2. The maximum absolute atomic E-state index is 4.54. The van der Waals surface area contributed by atoms with E-state index in [-0.39, 0.29) is 0 Å². The van der Waals surface area contributed by atoms with Gasteiger partial charge in [0.2, 0.25) is 0 Å². The van der Waals surface area contributed by atoms with E-state index >= 15 is 0 Å². The highest BCUT2D eigenvalue weighted by molar-refractivity contribution is 5.30. The van der Waals surface area contributed by atoms with Crippen LogP contribution in [0.3, 0.4) is 0 Å². The van der Waals surface area contributed by atoms with Gasteiger partial charge in [-0.05, 0) is 38.0 Å². The lowest BCUT2D eigenvalue weighted by Crippen LogP contribution is -2.31. The Morgan fingerprint density at radius 3 is 2.72 bits per heavy atom. The molecule has 0 amide bonds. The van der Waals surface area contributed by atoms with Crippen LogP contribution in [0.15, 0.2) is 36.1 Å². The van der Waals surface area contributed by atoms with Crippen molar-refractivity contribution < 1.29 is 0 Å². The van der Waals surface area contributed by atoms with Crippen molar-refractivity contribution in [2.45, 2.75) is 39.7 Å². The third-order valence-electron chi connectivity index (χ3n) is 3.70.